The van der Waals surface area contributed by atoms with Crippen molar-refractivity contribution in [3.05, 3.63) is 35.4 Å². The van der Waals surface area contributed by atoms with Crippen LogP contribution in [0, 0.1) is 0 Å². The summed E-state index contributed by atoms with van der Waals surface area (Å²) in [6.07, 6.45) is 0.341. The van der Waals surface area contributed by atoms with Gasteiger partial charge in [-0.15, -0.1) is 0 Å². The van der Waals surface area contributed by atoms with E-state index < -0.39 is 0 Å². The van der Waals surface area contributed by atoms with Gasteiger partial charge in [0.2, 0.25) is 5.91 Å². The van der Waals surface area contributed by atoms with Gasteiger partial charge in [0.25, 0.3) is 0 Å². The molecule has 0 saturated carbocycles. The molecule has 0 bridgehead atoms. The minimum atomic E-state index is -0.163. The lowest BCUT2D eigenvalue weighted by atomic mass is 10.1. The zero-order chi connectivity index (χ0) is 12.0. The summed E-state index contributed by atoms with van der Waals surface area (Å²) >= 11 is 1.91. The standard InChI is InChI=1S/C12H18N2OS/c1-9(2)16-8-11-5-3-10(4-6-11)7-12(15)14-13/h3-6,9H,7-8,13H2,1-2H3,(H,14,15). The van der Waals surface area contributed by atoms with E-state index in [0.717, 1.165) is 11.3 Å². The zero-order valence-electron chi connectivity index (χ0n) is 9.69. The molecular weight excluding hydrogens is 220 g/mol. The van der Waals surface area contributed by atoms with Gasteiger partial charge in [-0.25, -0.2) is 5.84 Å². The maximum Gasteiger partial charge on any atom is 0.238 e. The van der Waals surface area contributed by atoms with Crippen LogP contribution in [0.4, 0.5) is 0 Å². The molecule has 0 radical (unpaired) electrons. The summed E-state index contributed by atoms with van der Waals surface area (Å²) in [5.41, 5.74) is 4.40. The summed E-state index contributed by atoms with van der Waals surface area (Å²) in [6, 6.07) is 8.08. The highest BCUT2D eigenvalue weighted by Gasteiger charge is 2.01. The molecule has 0 unspecified atom stereocenters. The Bertz CT molecular complexity index is 335. The molecular formula is C12H18N2OS. The number of nitrogens with one attached hydrogen (secondary N) is 1. The lowest BCUT2D eigenvalue weighted by Crippen LogP contribution is -2.31. The van der Waals surface area contributed by atoms with Crippen molar-refractivity contribution in [2.75, 3.05) is 0 Å². The van der Waals surface area contributed by atoms with Gasteiger partial charge in [-0.1, -0.05) is 38.1 Å². The van der Waals surface area contributed by atoms with Gasteiger partial charge in [-0.05, 0) is 16.4 Å². The molecule has 0 spiro atoms. The molecule has 3 nitrogen and oxygen atoms in total. The molecule has 1 aromatic rings. The number of amides is 1. The smallest absolute Gasteiger partial charge is 0.238 e. The van der Waals surface area contributed by atoms with E-state index in [1.54, 1.807) is 0 Å². The number of nitrogens with two attached hydrogens (primary N) is 1. The van der Waals surface area contributed by atoms with E-state index in [1.807, 2.05) is 23.9 Å². The Labute approximate surface area is 101 Å². The Morgan fingerprint density at radius 1 is 1.31 bits per heavy atom. The third-order valence-corrected chi connectivity index (χ3v) is 3.30. The molecule has 0 saturated heterocycles. The van der Waals surface area contributed by atoms with E-state index in [1.165, 1.54) is 5.56 Å². The summed E-state index contributed by atoms with van der Waals surface area (Å²) in [7, 11) is 0. The summed E-state index contributed by atoms with van der Waals surface area (Å²) in [6.45, 7) is 4.37. The number of carbonyl (C=O) groups is 1. The normalized spacial score (nSPS) is 10.5. The Morgan fingerprint density at radius 3 is 2.38 bits per heavy atom. The maximum atomic E-state index is 11.0. The van der Waals surface area contributed by atoms with Crippen LogP contribution in [0.1, 0.15) is 25.0 Å². The third-order valence-electron chi connectivity index (χ3n) is 2.13. The van der Waals surface area contributed by atoms with Crippen molar-refractivity contribution in [1.82, 2.24) is 5.43 Å². The first-order chi connectivity index (χ1) is 7.61. The highest BCUT2D eigenvalue weighted by Crippen LogP contribution is 2.17. The van der Waals surface area contributed by atoms with Gasteiger partial charge in [-0.2, -0.15) is 11.8 Å². The Hall–Kier alpha value is -1.00. The van der Waals surface area contributed by atoms with Crippen molar-refractivity contribution in [3.8, 4) is 0 Å². The number of thioether (sulfide) groups is 1. The van der Waals surface area contributed by atoms with Crippen molar-refractivity contribution in [3.63, 3.8) is 0 Å². The quantitative estimate of drug-likeness (QED) is 0.468. The second kappa shape index (κ2) is 6.55. The van der Waals surface area contributed by atoms with Crippen LogP contribution in [0.15, 0.2) is 24.3 Å². The first-order valence-electron chi connectivity index (χ1n) is 5.30. The van der Waals surface area contributed by atoms with E-state index in [0.29, 0.717) is 11.7 Å². The monoisotopic (exact) mass is 238 g/mol. The van der Waals surface area contributed by atoms with Gasteiger partial charge >= 0.3 is 0 Å². The van der Waals surface area contributed by atoms with E-state index in [9.17, 15) is 4.79 Å². The average Bonchev–Trinajstić information content (AvgIpc) is 2.28. The van der Waals surface area contributed by atoms with Crippen LogP contribution in [0.2, 0.25) is 0 Å². The molecule has 16 heavy (non-hydrogen) atoms. The van der Waals surface area contributed by atoms with Crippen LogP contribution in [-0.4, -0.2) is 11.2 Å². The number of rotatable bonds is 5. The fraction of sp³-hybridized carbons (Fsp3) is 0.417. The van der Waals surface area contributed by atoms with Crippen LogP contribution in [0.25, 0.3) is 0 Å². The van der Waals surface area contributed by atoms with Crippen LogP contribution in [-0.2, 0) is 17.0 Å². The lowest BCUT2D eigenvalue weighted by Gasteiger charge is -2.06. The van der Waals surface area contributed by atoms with Gasteiger partial charge in [0.05, 0.1) is 6.42 Å². The predicted molar refractivity (Wildman–Crippen MR) is 68.9 cm³/mol. The van der Waals surface area contributed by atoms with E-state index >= 15 is 0 Å². The Morgan fingerprint density at radius 2 is 1.88 bits per heavy atom. The molecule has 0 heterocycles. The summed E-state index contributed by atoms with van der Waals surface area (Å²) in [5, 5.41) is 0.641. The summed E-state index contributed by atoms with van der Waals surface area (Å²) in [5.74, 6) is 5.88. The van der Waals surface area contributed by atoms with Crippen molar-refractivity contribution in [2.45, 2.75) is 31.3 Å². The van der Waals surface area contributed by atoms with Crippen molar-refractivity contribution < 1.29 is 4.79 Å². The van der Waals surface area contributed by atoms with E-state index in [4.69, 9.17) is 5.84 Å². The van der Waals surface area contributed by atoms with Gasteiger partial charge < -0.3 is 0 Å². The molecule has 0 atom stereocenters. The SMILES string of the molecule is CC(C)SCc1ccc(CC(=O)NN)cc1. The van der Waals surface area contributed by atoms with Gasteiger partial charge in [0.1, 0.15) is 0 Å². The second-order valence-corrected chi connectivity index (χ2v) is 5.49. The van der Waals surface area contributed by atoms with Crippen LogP contribution < -0.4 is 11.3 Å². The Balaban J connectivity index is 2.51. The highest BCUT2D eigenvalue weighted by atomic mass is 32.2. The maximum absolute atomic E-state index is 11.0. The zero-order valence-corrected chi connectivity index (χ0v) is 10.5. The molecule has 0 aliphatic carbocycles. The molecule has 3 N–H and O–H groups in total. The van der Waals surface area contributed by atoms with Crippen LogP contribution >= 0.6 is 11.8 Å². The number of benzene rings is 1. The first kappa shape index (κ1) is 13.1. The first-order valence-corrected chi connectivity index (χ1v) is 6.35. The number of carbonyl (C=O) groups excluding carboxylic acids is 1. The van der Waals surface area contributed by atoms with Crippen molar-refractivity contribution in [1.29, 1.82) is 0 Å². The van der Waals surface area contributed by atoms with Gasteiger partial charge in [0, 0.05) is 5.75 Å². The topological polar surface area (TPSA) is 55.1 Å². The molecule has 1 rings (SSSR count). The summed E-state index contributed by atoms with van der Waals surface area (Å²) < 4.78 is 0. The van der Waals surface area contributed by atoms with E-state index in [2.05, 4.69) is 31.4 Å². The molecule has 1 amide bonds. The average molecular weight is 238 g/mol. The Kier molecular flexibility index (Phi) is 5.35. The molecule has 0 aliphatic rings. The minimum Gasteiger partial charge on any atom is -0.294 e. The number of hydrogen-bond donors (Lipinski definition) is 2. The molecule has 0 aromatic heterocycles. The van der Waals surface area contributed by atoms with Crippen molar-refractivity contribution in [2.24, 2.45) is 5.84 Å². The fourth-order valence-electron chi connectivity index (χ4n) is 1.25. The lowest BCUT2D eigenvalue weighted by molar-refractivity contribution is -0.120. The summed E-state index contributed by atoms with van der Waals surface area (Å²) in [4.78, 5) is 11.0. The molecule has 0 aliphatic heterocycles. The fourth-order valence-corrected chi connectivity index (χ4v) is 1.97. The molecule has 0 fully saturated rings. The highest BCUT2D eigenvalue weighted by molar-refractivity contribution is 7.99. The van der Waals surface area contributed by atoms with Crippen LogP contribution in [0.3, 0.4) is 0 Å². The second-order valence-electron chi connectivity index (χ2n) is 3.92. The van der Waals surface area contributed by atoms with E-state index in [-0.39, 0.29) is 5.91 Å². The van der Waals surface area contributed by atoms with Gasteiger partial charge in [0.15, 0.2) is 0 Å². The predicted octanol–water partition coefficient (Wildman–Crippen LogP) is 1.86. The largest absolute Gasteiger partial charge is 0.294 e. The van der Waals surface area contributed by atoms with Crippen LogP contribution in [0.5, 0.6) is 0 Å². The number of hydrazine groups is 1. The third kappa shape index (κ3) is 4.68. The minimum absolute atomic E-state index is 0.163. The van der Waals surface area contributed by atoms with Gasteiger partial charge in [-0.3, -0.25) is 10.2 Å². The molecule has 88 valence electrons. The molecule has 1 aromatic carbocycles. The number of hydrogen-bond acceptors (Lipinski definition) is 3. The molecule has 4 heteroatoms. The van der Waals surface area contributed by atoms with Crippen molar-refractivity contribution >= 4 is 17.7 Å².